The zero-order chi connectivity index (χ0) is 23.6. The van der Waals surface area contributed by atoms with Crippen molar-refractivity contribution in [2.45, 2.75) is 18.9 Å². The topological polar surface area (TPSA) is 89.5 Å². The lowest BCUT2D eigenvalue weighted by Crippen LogP contribution is -2.29. The van der Waals surface area contributed by atoms with Crippen molar-refractivity contribution in [3.63, 3.8) is 0 Å². The summed E-state index contributed by atoms with van der Waals surface area (Å²) in [5.74, 6) is -0.0412. The standard InChI is InChI=1S/C21H17ClF3N5O3/c1-2-18(31)30-8-7-13(10-30)32-17-6-4-15-19(29-17)20(27-11-26-15)28-12-3-5-16(14(22)9-12)33-21(23,24)25/h2-6,9,11,13H,1,7-8,10H2,(H,26,27,28)/t13-/m0/s1. The van der Waals surface area contributed by atoms with Gasteiger partial charge in [-0.3, -0.25) is 4.79 Å². The number of anilines is 2. The minimum absolute atomic E-state index is 0.155. The van der Waals surface area contributed by atoms with Crippen LogP contribution in [0.25, 0.3) is 11.0 Å². The summed E-state index contributed by atoms with van der Waals surface area (Å²) in [6.07, 6.45) is -1.83. The highest BCUT2D eigenvalue weighted by Gasteiger charge is 2.32. The molecule has 0 unspecified atom stereocenters. The minimum atomic E-state index is -4.85. The number of hydrogen-bond donors (Lipinski definition) is 1. The van der Waals surface area contributed by atoms with E-state index in [0.29, 0.717) is 47.9 Å². The van der Waals surface area contributed by atoms with Gasteiger partial charge < -0.3 is 19.7 Å². The Hall–Kier alpha value is -3.60. The number of amides is 1. The maximum atomic E-state index is 12.4. The number of nitrogens with one attached hydrogen (secondary N) is 1. The molecule has 1 N–H and O–H groups in total. The molecule has 1 aromatic carbocycles. The third-order valence-corrected chi connectivity index (χ3v) is 5.09. The molecular weight excluding hydrogens is 463 g/mol. The second-order valence-electron chi connectivity index (χ2n) is 7.07. The van der Waals surface area contributed by atoms with Gasteiger partial charge in [0, 0.05) is 24.7 Å². The number of alkyl halides is 3. The maximum Gasteiger partial charge on any atom is 0.573 e. The molecule has 1 amide bonds. The van der Waals surface area contributed by atoms with Crippen molar-refractivity contribution >= 4 is 40.0 Å². The molecule has 0 bridgehead atoms. The third kappa shape index (κ3) is 5.43. The summed E-state index contributed by atoms with van der Waals surface area (Å²) < 4.78 is 47.1. The molecule has 1 aliphatic heterocycles. The summed E-state index contributed by atoms with van der Waals surface area (Å²) in [4.78, 5) is 26.2. The Morgan fingerprint density at radius 3 is 2.82 bits per heavy atom. The summed E-state index contributed by atoms with van der Waals surface area (Å²) in [5.41, 5.74) is 1.29. The van der Waals surface area contributed by atoms with Crippen LogP contribution in [0.3, 0.4) is 0 Å². The zero-order valence-electron chi connectivity index (χ0n) is 17.0. The highest BCUT2D eigenvalue weighted by molar-refractivity contribution is 6.32. The SMILES string of the molecule is C=CC(=O)N1CC[C@H](Oc2ccc3ncnc(Nc4ccc(OC(F)(F)F)c(Cl)c4)c3n2)C1. The van der Waals surface area contributed by atoms with Gasteiger partial charge in [-0.15, -0.1) is 13.2 Å². The van der Waals surface area contributed by atoms with E-state index in [1.54, 1.807) is 17.0 Å². The zero-order valence-corrected chi connectivity index (χ0v) is 17.7. The van der Waals surface area contributed by atoms with E-state index < -0.39 is 12.1 Å². The normalized spacial score (nSPS) is 16.0. The summed E-state index contributed by atoms with van der Waals surface area (Å²) in [5, 5.41) is 2.74. The van der Waals surface area contributed by atoms with Crippen LogP contribution < -0.4 is 14.8 Å². The molecular formula is C21H17ClF3N5O3. The molecule has 3 aromatic rings. The Kier molecular flexibility index (Phi) is 6.23. The van der Waals surface area contributed by atoms with Crippen molar-refractivity contribution in [2.75, 3.05) is 18.4 Å². The van der Waals surface area contributed by atoms with Crippen LogP contribution >= 0.6 is 11.6 Å². The number of fused-ring (bicyclic) bond motifs is 1. The Morgan fingerprint density at radius 2 is 2.09 bits per heavy atom. The smallest absolute Gasteiger partial charge is 0.472 e. The monoisotopic (exact) mass is 479 g/mol. The van der Waals surface area contributed by atoms with Gasteiger partial charge in [0.1, 0.15) is 23.7 Å². The summed E-state index contributed by atoms with van der Waals surface area (Å²) in [6, 6.07) is 7.11. The Morgan fingerprint density at radius 1 is 1.27 bits per heavy atom. The number of ether oxygens (including phenoxy) is 2. The number of nitrogens with zero attached hydrogens (tertiary/aromatic N) is 4. The van der Waals surface area contributed by atoms with Crippen LogP contribution in [0.15, 0.2) is 49.3 Å². The Balaban J connectivity index is 1.53. The second kappa shape index (κ2) is 9.10. The van der Waals surface area contributed by atoms with Gasteiger partial charge >= 0.3 is 6.36 Å². The van der Waals surface area contributed by atoms with Gasteiger partial charge in [-0.05, 0) is 30.3 Å². The average Bonchev–Trinajstić information content (AvgIpc) is 3.23. The van der Waals surface area contributed by atoms with Crippen LogP contribution in [0.4, 0.5) is 24.7 Å². The quantitative estimate of drug-likeness (QED) is 0.521. The first-order valence-electron chi connectivity index (χ1n) is 9.74. The van der Waals surface area contributed by atoms with Crippen LogP contribution in [0, 0.1) is 0 Å². The Bertz CT molecular complexity index is 1210. The van der Waals surface area contributed by atoms with Gasteiger partial charge in [0.2, 0.25) is 11.8 Å². The van der Waals surface area contributed by atoms with Gasteiger partial charge in [0.05, 0.1) is 17.1 Å². The van der Waals surface area contributed by atoms with Crippen molar-refractivity contribution in [3.8, 4) is 11.6 Å². The van der Waals surface area contributed by atoms with Crippen LogP contribution in [-0.2, 0) is 4.79 Å². The van der Waals surface area contributed by atoms with Crippen molar-refractivity contribution in [3.05, 3.63) is 54.3 Å². The van der Waals surface area contributed by atoms with E-state index in [4.69, 9.17) is 16.3 Å². The number of rotatable bonds is 6. The molecule has 0 saturated carbocycles. The molecule has 1 saturated heterocycles. The lowest BCUT2D eigenvalue weighted by atomic mass is 10.3. The molecule has 4 rings (SSSR count). The van der Waals surface area contributed by atoms with Gasteiger partial charge in [-0.1, -0.05) is 18.2 Å². The Labute approximate surface area is 191 Å². The number of aromatic nitrogens is 3. The fourth-order valence-corrected chi connectivity index (χ4v) is 3.55. The number of carbonyl (C=O) groups excluding carboxylic acids is 1. The van der Waals surface area contributed by atoms with Crippen LogP contribution in [0.2, 0.25) is 5.02 Å². The number of pyridine rings is 1. The number of hydrogen-bond acceptors (Lipinski definition) is 7. The highest BCUT2D eigenvalue weighted by Crippen LogP contribution is 2.33. The minimum Gasteiger partial charge on any atom is -0.472 e. The molecule has 172 valence electrons. The second-order valence-corrected chi connectivity index (χ2v) is 7.48. The van der Waals surface area contributed by atoms with Gasteiger partial charge in [0.25, 0.3) is 0 Å². The molecule has 12 heteroatoms. The van der Waals surface area contributed by atoms with E-state index in [-0.39, 0.29) is 17.0 Å². The fourth-order valence-electron chi connectivity index (χ4n) is 3.33. The molecule has 1 fully saturated rings. The van der Waals surface area contributed by atoms with Gasteiger partial charge in [-0.25, -0.2) is 15.0 Å². The van der Waals surface area contributed by atoms with E-state index in [1.165, 1.54) is 24.5 Å². The number of carbonyl (C=O) groups is 1. The lowest BCUT2D eigenvalue weighted by molar-refractivity contribution is -0.274. The van der Waals surface area contributed by atoms with Crippen molar-refractivity contribution in [1.82, 2.24) is 19.9 Å². The van der Waals surface area contributed by atoms with E-state index in [1.807, 2.05) is 0 Å². The number of halogens is 4. The van der Waals surface area contributed by atoms with Crippen molar-refractivity contribution in [2.24, 2.45) is 0 Å². The molecule has 1 atom stereocenters. The predicted octanol–water partition coefficient (Wildman–Crippen LogP) is 4.49. The van der Waals surface area contributed by atoms with Crippen LogP contribution in [-0.4, -0.2) is 51.3 Å². The molecule has 3 heterocycles. The molecule has 8 nitrogen and oxygen atoms in total. The van der Waals surface area contributed by atoms with E-state index in [0.717, 1.165) is 6.07 Å². The van der Waals surface area contributed by atoms with E-state index >= 15 is 0 Å². The maximum absolute atomic E-state index is 12.4. The molecule has 0 spiro atoms. The number of benzene rings is 1. The van der Waals surface area contributed by atoms with Gasteiger partial charge in [-0.2, -0.15) is 0 Å². The first-order chi connectivity index (χ1) is 15.7. The largest absolute Gasteiger partial charge is 0.573 e. The molecule has 0 radical (unpaired) electrons. The molecule has 1 aliphatic rings. The van der Waals surface area contributed by atoms with Crippen LogP contribution in [0.1, 0.15) is 6.42 Å². The summed E-state index contributed by atoms with van der Waals surface area (Å²) in [7, 11) is 0. The lowest BCUT2D eigenvalue weighted by Gasteiger charge is -2.16. The molecule has 2 aromatic heterocycles. The van der Waals surface area contributed by atoms with Crippen LogP contribution in [0.5, 0.6) is 11.6 Å². The molecule has 33 heavy (non-hydrogen) atoms. The fraction of sp³-hybridized carbons (Fsp3) is 0.238. The number of likely N-dealkylation sites (tertiary alicyclic amines) is 1. The first-order valence-corrected chi connectivity index (χ1v) is 10.1. The van der Waals surface area contributed by atoms with Gasteiger partial charge in [0.15, 0.2) is 5.82 Å². The summed E-state index contributed by atoms with van der Waals surface area (Å²) >= 11 is 5.92. The average molecular weight is 480 g/mol. The molecule has 0 aliphatic carbocycles. The van der Waals surface area contributed by atoms with E-state index in [2.05, 4.69) is 31.6 Å². The van der Waals surface area contributed by atoms with Crippen molar-refractivity contribution < 1.29 is 27.4 Å². The predicted molar refractivity (Wildman–Crippen MR) is 115 cm³/mol. The third-order valence-electron chi connectivity index (χ3n) is 4.80. The van der Waals surface area contributed by atoms with E-state index in [9.17, 15) is 18.0 Å². The summed E-state index contributed by atoms with van der Waals surface area (Å²) in [6.45, 7) is 4.47. The highest BCUT2D eigenvalue weighted by atomic mass is 35.5. The van der Waals surface area contributed by atoms with Crippen molar-refractivity contribution in [1.29, 1.82) is 0 Å². The first kappa shape index (κ1) is 22.6.